The van der Waals surface area contributed by atoms with Crippen molar-refractivity contribution in [1.82, 2.24) is 19.6 Å². The van der Waals surface area contributed by atoms with Crippen LogP contribution in [0.5, 0.6) is 0 Å². The van der Waals surface area contributed by atoms with Crippen LogP contribution in [0.3, 0.4) is 0 Å². The maximum absolute atomic E-state index is 14.7. The van der Waals surface area contributed by atoms with Gasteiger partial charge in [0.2, 0.25) is 0 Å². The van der Waals surface area contributed by atoms with Crippen molar-refractivity contribution in [3.8, 4) is 11.8 Å². The topological polar surface area (TPSA) is 55.1 Å². The number of aromatic nitrogens is 4. The zero-order valence-electron chi connectivity index (χ0n) is 16.5. The molecule has 0 spiro atoms. The number of hydrogen-bond donors (Lipinski definition) is 1. The van der Waals surface area contributed by atoms with Gasteiger partial charge in [0.05, 0.1) is 10.9 Å². The summed E-state index contributed by atoms with van der Waals surface area (Å²) >= 11 is 0. The second-order valence-electron chi connectivity index (χ2n) is 7.80. The van der Waals surface area contributed by atoms with E-state index < -0.39 is 11.6 Å². The molecule has 0 atom stereocenters. The average molecular weight is 391 g/mol. The molecule has 4 aromatic rings. The van der Waals surface area contributed by atoms with E-state index >= 15 is 0 Å². The summed E-state index contributed by atoms with van der Waals surface area (Å²) < 4.78 is 30.3. The van der Waals surface area contributed by atoms with E-state index in [1.807, 2.05) is 45.0 Å². The Morgan fingerprint density at radius 2 is 1.86 bits per heavy atom. The molecule has 0 aliphatic rings. The van der Waals surface area contributed by atoms with Crippen LogP contribution in [0.15, 0.2) is 36.4 Å². The summed E-state index contributed by atoms with van der Waals surface area (Å²) in [5.74, 6) is 5.39. The lowest BCUT2D eigenvalue weighted by molar-refractivity contribution is 0.516. The van der Waals surface area contributed by atoms with E-state index in [4.69, 9.17) is 0 Å². The summed E-state index contributed by atoms with van der Waals surface area (Å²) in [6.07, 6.45) is 0. The molecule has 146 valence electrons. The quantitative estimate of drug-likeness (QED) is 0.488. The molecule has 5 nitrogen and oxygen atoms in total. The number of benzene rings is 2. The molecule has 0 radical (unpaired) electrons. The molecule has 0 aliphatic carbocycles. The Bertz CT molecular complexity index is 1310. The minimum atomic E-state index is -0.976. The highest BCUT2D eigenvalue weighted by molar-refractivity contribution is 5.93. The highest BCUT2D eigenvalue weighted by Gasteiger charge is 2.18. The predicted molar refractivity (Wildman–Crippen MR) is 109 cm³/mol. The summed E-state index contributed by atoms with van der Waals surface area (Å²) in [6, 6.07) is 9.96. The van der Waals surface area contributed by atoms with Crippen LogP contribution in [-0.4, -0.2) is 19.6 Å². The van der Waals surface area contributed by atoms with Gasteiger partial charge in [0.1, 0.15) is 11.6 Å². The molecule has 0 saturated carbocycles. The minimum Gasteiger partial charge on any atom is -0.339 e. The first-order chi connectivity index (χ1) is 13.7. The number of nitrogens with zero attached hydrogens (tertiary/aromatic N) is 4. The highest BCUT2D eigenvalue weighted by Crippen LogP contribution is 2.30. The third-order valence-electron chi connectivity index (χ3n) is 4.28. The maximum Gasteiger partial charge on any atom is 0.257 e. The fourth-order valence-corrected chi connectivity index (χ4v) is 2.98. The van der Waals surface area contributed by atoms with E-state index in [1.54, 1.807) is 11.3 Å². The molecule has 2 aromatic heterocycles. The fraction of sp³-hybridized carbons (Fsp3) is 0.227. The van der Waals surface area contributed by atoms with E-state index in [0.29, 0.717) is 22.8 Å². The van der Waals surface area contributed by atoms with Crippen molar-refractivity contribution in [2.24, 2.45) is 5.41 Å². The van der Waals surface area contributed by atoms with Crippen LogP contribution in [0.4, 0.5) is 20.3 Å². The third-order valence-corrected chi connectivity index (χ3v) is 4.28. The lowest BCUT2D eigenvalue weighted by Crippen LogP contribution is -2.03. The van der Waals surface area contributed by atoms with Gasteiger partial charge in [0.15, 0.2) is 11.6 Å². The summed E-state index contributed by atoms with van der Waals surface area (Å²) in [4.78, 5) is 4.37. The number of hydrogen-bond acceptors (Lipinski definition) is 4. The van der Waals surface area contributed by atoms with Gasteiger partial charge in [0.25, 0.3) is 5.78 Å². The molecule has 0 unspecified atom stereocenters. The normalized spacial score (nSPS) is 11.5. The lowest BCUT2D eigenvalue weighted by Gasteiger charge is -2.12. The predicted octanol–water partition coefficient (Wildman–Crippen LogP) is 5.01. The Balaban J connectivity index is 1.86. The van der Waals surface area contributed by atoms with Crippen molar-refractivity contribution in [3.63, 3.8) is 0 Å². The van der Waals surface area contributed by atoms with Crippen molar-refractivity contribution < 1.29 is 8.78 Å². The molecule has 0 amide bonds. The molecule has 4 rings (SSSR count). The van der Waals surface area contributed by atoms with E-state index in [9.17, 15) is 8.78 Å². The molecule has 0 fully saturated rings. The van der Waals surface area contributed by atoms with Crippen LogP contribution in [0.25, 0.3) is 16.7 Å². The van der Waals surface area contributed by atoms with Crippen LogP contribution in [0, 0.1) is 35.8 Å². The number of aryl methyl sites for hydroxylation is 1. The Morgan fingerprint density at radius 1 is 1.07 bits per heavy atom. The number of anilines is 2. The number of rotatable bonds is 2. The summed E-state index contributed by atoms with van der Waals surface area (Å²) in [5, 5.41) is 11.1. The van der Waals surface area contributed by atoms with Crippen LogP contribution < -0.4 is 5.32 Å². The van der Waals surface area contributed by atoms with Gasteiger partial charge < -0.3 is 5.32 Å². The fourth-order valence-electron chi connectivity index (χ4n) is 2.98. The van der Waals surface area contributed by atoms with Crippen molar-refractivity contribution in [1.29, 1.82) is 0 Å². The summed E-state index contributed by atoms with van der Waals surface area (Å²) in [5.41, 5.74) is 1.77. The molecule has 0 aliphatic heterocycles. The molecule has 7 heteroatoms. The maximum atomic E-state index is 14.7. The largest absolute Gasteiger partial charge is 0.339 e. The smallest absolute Gasteiger partial charge is 0.257 e. The van der Waals surface area contributed by atoms with Gasteiger partial charge in [-0.05, 0) is 58.0 Å². The Hall–Kier alpha value is -3.53. The van der Waals surface area contributed by atoms with Crippen molar-refractivity contribution >= 4 is 28.2 Å². The van der Waals surface area contributed by atoms with Crippen LogP contribution in [0.1, 0.15) is 32.2 Å². The molecule has 1 N–H and O–H groups in total. The second kappa shape index (κ2) is 6.82. The first-order valence-corrected chi connectivity index (χ1v) is 9.13. The Morgan fingerprint density at radius 3 is 2.62 bits per heavy atom. The average Bonchev–Trinajstić information content (AvgIpc) is 3.03. The van der Waals surface area contributed by atoms with Crippen molar-refractivity contribution in [3.05, 3.63) is 59.4 Å². The molecule has 29 heavy (non-hydrogen) atoms. The van der Waals surface area contributed by atoms with Gasteiger partial charge in [-0.15, -0.1) is 10.2 Å². The van der Waals surface area contributed by atoms with Crippen LogP contribution in [-0.2, 0) is 0 Å². The van der Waals surface area contributed by atoms with Gasteiger partial charge in [-0.1, -0.05) is 17.9 Å². The van der Waals surface area contributed by atoms with E-state index in [2.05, 4.69) is 32.3 Å². The summed E-state index contributed by atoms with van der Waals surface area (Å²) in [6.45, 7) is 7.83. The summed E-state index contributed by atoms with van der Waals surface area (Å²) in [7, 11) is 0. The monoisotopic (exact) mass is 391 g/mol. The van der Waals surface area contributed by atoms with Gasteiger partial charge in [-0.2, -0.15) is 4.98 Å². The molecule has 2 aromatic carbocycles. The first kappa shape index (κ1) is 18.8. The standard InChI is InChI=1S/C22H19F2N5/c1-13-27-28-21-26-20(18-17(29(13)21)9-8-16(23)19(18)24)25-15-7-5-6-14(12-15)10-11-22(2,3)4/h5-9,12H,1-4H3,(H,25,26,28). The van der Waals surface area contributed by atoms with E-state index in [0.717, 1.165) is 11.6 Å². The molecule has 0 bridgehead atoms. The Labute approximate surface area is 166 Å². The molecular weight excluding hydrogens is 372 g/mol. The Kier molecular flexibility index (Phi) is 4.42. The highest BCUT2D eigenvalue weighted by atomic mass is 19.2. The van der Waals surface area contributed by atoms with Gasteiger partial charge in [0, 0.05) is 16.7 Å². The SMILES string of the molecule is Cc1nnc2nc(Nc3cccc(C#CC(C)(C)C)c3)c3c(F)c(F)ccc3n12. The van der Waals surface area contributed by atoms with Gasteiger partial charge in [-0.25, -0.2) is 8.78 Å². The van der Waals surface area contributed by atoms with Gasteiger partial charge in [-0.3, -0.25) is 4.40 Å². The lowest BCUT2D eigenvalue weighted by atomic mass is 9.97. The zero-order valence-corrected chi connectivity index (χ0v) is 16.5. The van der Waals surface area contributed by atoms with Crippen molar-refractivity contribution in [2.75, 3.05) is 5.32 Å². The second-order valence-corrected chi connectivity index (χ2v) is 7.80. The number of fused-ring (bicyclic) bond motifs is 3. The van der Waals surface area contributed by atoms with Crippen LogP contribution in [0.2, 0.25) is 0 Å². The van der Waals surface area contributed by atoms with Gasteiger partial charge >= 0.3 is 0 Å². The zero-order chi connectivity index (χ0) is 20.8. The molecule has 2 heterocycles. The molecular formula is C22H19F2N5. The van der Waals surface area contributed by atoms with E-state index in [1.165, 1.54) is 6.07 Å². The van der Waals surface area contributed by atoms with Crippen LogP contribution >= 0.6 is 0 Å². The number of halogens is 2. The number of nitrogens with one attached hydrogen (secondary N) is 1. The first-order valence-electron chi connectivity index (χ1n) is 9.13. The van der Waals surface area contributed by atoms with Crippen molar-refractivity contribution in [2.45, 2.75) is 27.7 Å². The third kappa shape index (κ3) is 3.61. The molecule has 0 saturated heterocycles. The van der Waals surface area contributed by atoms with E-state index in [-0.39, 0.29) is 16.6 Å². The minimum absolute atomic E-state index is 0.0339.